The molecule has 6 rings (SSSR count). The number of H-pyrrole nitrogens is 1. The molecule has 0 radical (unpaired) electrons. The lowest BCUT2D eigenvalue weighted by Gasteiger charge is -2.40. The third-order valence-corrected chi connectivity index (χ3v) is 7.34. The summed E-state index contributed by atoms with van der Waals surface area (Å²) in [5.74, 6) is -1.86. The summed E-state index contributed by atoms with van der Waals surface area (Å²) in [6.45, 7) is 3.11. The number of hydrogen-bond donors (Lipinski definition) is 1. The molecule has 0 bridgehead atoms. The summed E-state index contributed by atoms with van der Waals surface area (Å²) in [7, 11) is 0. The van der Waals surface area contributed by atoms with Crippen LogP contribution in [0.3, 0.4) is 0 Å². The van der Waals surface area contributed by atoms with Crippen LogP contribution < -0.4 is 14.5 Å². The molecule has 4 aromatic rings. The number of anilines is 2. The zero-order valence-electron chi connectivity index (χ0n) is 20.1. The SMILES string of the molecule is O=C(Oc1cncc2nc(-c3ccncc3)nc(N3CCC4(CCN(c5cn[nH]c5)C4)CC3)c12)C(F)(F)F. The fourth-order valence-electron chi connectivity index (χ4n) is 5.30. The average Bonchev–Trinajstić information content (AvgIpc) is 3.59. The van der Waals surface area contributed by atoms with Gasteiger partial charge in [-0.1, -0.05) is 0 Å². The minimum atomic E-state index is -5.15. The van der Waals surface area contributed by atoms with Gasteiger partial charge in [-0.2, -0.15) is 18.3 Å². The van der Waals surface area contributed by atoms with Crippen LogP contribution in [0.15, 0.2) is 49.3 Å². The second kappa shape index (κ2) is 9.23. The highest BCUT2D eigenvalue weighted by atomic mass is 19.4. The molecule has 6 heterocycles. The molecule has 2 fully saturated rings. The van der Waals surface area contributed by atoms with Crippen LogP contribution >= 0.6 is 0 Å². The molecule has 0 saturated carbocycles. The van der Waals surface area contributed by atoms with E-state index in [1.165, 1.54) is 6.20 Å². The van der Waals surface area contributed by atoms with Crippen molar-refractivity contribution in [1.29, 1.82) is 0 Å². The molecule has 13 heteroatoms. The third kappa shape index (κ3) is 4.48. The van der Waals surface area contributed by atoms with E-state index in [-0.39, 0.29) is 22.1 Å². The fourth-order valence-corrected chi connectivity index (χ4v) is 5.30. The van der Waals surface area contributed by atoms with Crippen molar-refractivity contribution in [2.45, 2.75) is 25.4 Å². The van der Waals surface area contributed by atoms with E-state index in [1.807, 2.05) is 17.3 Å². The van der Waals surface area contributed by atoms with Crippen molar-refractivity contribution in [3.8, 4) is 17.1 Å². The largest absolute Gasteiger partial charge is 0.491 e. The van der Waals surface area contributed by atoms with Crippen LogP contribution in [0.2, 0.25) is 0 Å². The number of nitrogens with zero attached hydrogens (tertiary/aromatic N) is 7. The van der Waals surface area contributed by atoms with E-state index in [2.05, 4.69) is 30.0 Å². The van der Waals surface area contributed by atoms with Crippen LogP contribution in [0.25, 0.3) is 22.3 Å². The van der Waals surface area contributed by atoms with Crippen LogP contribution in [0.5, 0.6) is 5.75 Å². The number of aromatic amines is 1. The predicted molar refractivity (Wildman–Crippen MR) is 132 cm³/mol. The zero-order chi connectivity index (χ0) is 26.3. The van der Waals surface area contributed by atoms with Gasteiger partial charge in [0.15, 0.2) is 11.6 Å². The Balaban J connectivity index is 1.35. The van der Waals surface area contributed by atoms with Crippen molar-refractivity contribution >= 4 is 28.4 Å². The first kappa shape index (κ1) is 24.1. The van der Waals surface area contributed by atoms with Gasteiger partial charge in [-0.3, -0.25) is 15.1 Å². The summed E-state index contributed by atoms with van der Waals surface area (Å²) in [6, 6.07) is 3.50. The molecule has 2 saturated heterocycles. The van der Waals surface area contributed by atoms with Gasteiger partial charge in [-0.25, -0.2) is 14.8 Å². The Labute approximate surface area is 214 Å². The highest BCUT2D eigenvalue weighted by Crippen LogP contribution is 2.44. The monoisotopic (exact) mass is 524 g/mol. The van der Waals surface area contributed by atoms with E-state index < -0.39 is 12.1 Å². The van der Waals surface area contributed by atoms with Gasteiger partial charge in [0.1, 0.15) is 5.82 Å². The molecule has 0 amide bonds. The third-order valence-electron chi connectivity index (χ3n) is 7.34. The molecule has 0 aliphatic carbocycles. The maximum absolute atomic E-state index is 13.0. The van der Waals surface area contributed by atoms with Crippen molar-refractivity contribution in [2.24, 2.45) is 5.41 Å². The highest BCUT2D eigenvalue weighted by molar-refractivity contribution is 5.97. The molecule has 2 aliphatic heterocycles. The van der Waals surface area contributed by atoms with Crippen LogP contribution in [0.4, 0.5) is 24.7 Å². The second-order valence-corrected chi connectivity index (χ2v) is 9.64. The zero-order valence-corrected chi connectivity index (χ0v) is 20.1. The van der Waals surface area contributed by atoms with Gasteiger partial charge < -0.3 is 14.5 Å². The van der Waals surface area contributed by atoms with Gasteiger partial charge in [0.05, 0.1) is 35.2 Å². The summed E-state index contributed by atoms with van der Waals surface area (Å²) in [6.07, 6.45) is 7.09. The minimum absolute atomic E-state index is 0.123. The molecule has 0 unspecified atom stereocenters. The molecule has 0 aromatic carbocycles. The standard InChI is InChI=1S/C25H23F3N8O2/c26-25(27,28)23(37)38-19-14-30-13-18-20(19)22(34-21(33-18)16-1-6-29-7-2-16)35-8-3-24(4-9-35)5-10-36(15-24)17-11-31-32-12-17/h1-2,6-7,11-14H,3-5,8-10,15H2,(H,31,32). The summed E-state index contributed by atoms with van der Waals surface area (Å²) < 4.78 is 43.8. The summed E-state index contributed by atoms with van der Waals surface area (Å²) in [5, 5.41) is 7.13. The number of piperidine rings is 1. The molecule has 0 atom stereocenters. The first-order valence-electron chi connectivity index (χ1n) is 12.2. The number of fused-ring (bicyclic) bond motifs is 1. The second-order valence-electron chi connectivity index (χ2n) is 9.64. The van der Waals surface area contributed by atoms with Crippen LogP contribution in [0, 0.1) is 5.41 Å². The molecule has 10 nitrogen and oxygen atoms in total. The quantitative estimate of drug-likeness (QED) is 0.399. The Kier molecular flexibility index (Phi) is 5.84. The van der Waals surface area contributed by atoms with Crippen molar-refractivity contribution in [1.82, 2.24) is 30.1 Å². The molecular weight excluding hydrogens is 501 g/mol. The van der Waals surface area contributed by atoms with Gasteiger partial charge in [-0.15, -0.1) is 0 Å². The topological polar surface area (TPSA) is 113 Å². The summed E-state index contributed by atoms with van der Waals surface area (Å²) in [4.78, 5) is 33.4. The number of nitrogens with one attached hydrogen (secondary N) is 1. The maximum Gasteiger partial charge on any atom is 0.491 e. The van der Waals surface area contributed by atoms with Crippen molar-refractivity contribution in [2.75, 3.05) is 36.0 Å². The predicted octanol–water partition coefficient (Wildman–Crippen LogP) is 3.77. The van der Waals surface area contributed by atoms with E-state index in [1.54, 1.807) is 24.5 Å². The molecule has 2 aliphatic rings. The van der Waals surface area contributed by atoms with E-state index in [9.17, 15) is 18.0 Å². The lowest BCUT2D eigenvalue weighted by atomic mass is 9.77. The number of rotatable bonds is 4. The first-order chi connectivity index (χ1) is 18.3. The Hall–Kier alpha value is -4.29. The molecule has 4 aromatic heterocycles. The number of carbonyl (C=O) groups is 1. The molecule has 1 spiro atoms. The molecule has 38 heavy (non-hydrogen) atoms. The van der Waals surface area contributed by atoms with Gasteiger partial charge >= 0.3 is 12.1 Å². The first-order valence-corrected chi connectivity index (χ1v) is 12.2. The van der Waals surface area contributed by atoms with Crippen molar-refractivity contribution in [3.63, 3.8) is 0 Å². The number of esters is 1. The van der Waals surface area contributed by atoms with Crippen LogP contribution in [-0.2, 0) is 4.79 Å². The minimum Gasteiger partial charge on any atom is -0.417 e. The summed E-state index contributed by atoms with van der Waals surface area (Å²) >= 11 is 0. The van der Waals surface area contributed by atoms with Gasteiger partial charge in [0.2, 0.25) is 0 Å². The number of hydrogen-bond acceptors (Lipinski definition) is 9. The number of alkyl halides is 3. The van der Waals surface area contributed by atoms with E-state index >= 15 is 0 Å². The molecular formula is C25H23F3N8O2. The van der Waals surface area contributed by atoms with Crippen LogP contribution in [0.1, 0.15) is 19.3 Å². The molecule has 1 N–H and O–H groups in total. The van der Waals surface area contributed by atoms with Crippen molar-refractivity contribution < 1.29 is 22.7 Å². The number of ether oxygens (including phenoxy) is 1. The smallest absolute Gasteiger partial charge is 0.417 e. The van der Waals surface area contributed by atoms with E-state index in [0.717, 1.165) is 44.2 Å². The lowest BCUT2D eigenvalue weighted by Crippen LogP contribution is -2.42. The van der Waals surface area contributed by atoms with Gasteiger partial charge in [-0.05, 0) is 36.8 Å². The Morgan fingerprint density at radius 3 is 2.39 bits per heavy atom. The normalized spacial score (nSPS) is 17.3. The number of carbonyl (C=O) groups excluding carboxylic acids is 1. The highest BCUT2D eigenvalue weighted by Gasteiger charge is 2.43. The maximum atomic E-state index is 13.0. The fraction of sp³-hybridized carbons (Fsp3) is 0.360. The van der Waals surface area contributed by atoms with E-state index in [0.29, 0.717) is 30.3 Å². The number of halogens is 3. The Morgan fingerprint density at radius 1 is 0.974 bits per heavy atom. The number of pyridine rings is 2. The van der Waals surface area contributed by atoms with Crippen LogP contribution in [-0.4, -0.2) is 68.5 Å². The van der Waals surface area contributed by atoms with Gasteiger partial charge in [0, 0.05) is 50.3 Å². The molecule has 196 valence electrons. The van der Waals surface area contributed by atoms with Crippen molar-refractivity contribution in [3.05, 3.63) is 49.3 Å². The van der Waals surface area contributed by atoms with E-state index in [4.69, 9.17) is 9.72 Å². The number of aromatic nitrogens is 6. The van der Waals surface area contributed by atoms with Gasteiger partial charge in [0.25, 0.3) is 0 Å². The summed E-state index contributed by atoms with van der Waals surface area (Å²) in [5.41, 5.74) is 2.16. The Morgan fingerprint density at radius 2 is 1.71 bits per heavy atom. The Bertz CT molecular complexity index is 1460. The lowest BCUT2D eigenvalue weighted by molar-refractivity contribution is -0.189. The average molecular weight is 525 g/mol.